The smallest absolute Gasteiger partial charge is 0.253 e. The van der Waals surface area contributed by atoms with E-state index in [1.807, 2.05) is 0 Å². The number of hydrogen-bond donors (Lipinski definition) is 1. The minimum Gasteiger partial charge on any atom is -0.349 e. The molecule has 3 aliphatic rings. The van der Waals surface area contributed by atoms with Crippen molar-refractivity contribution in [2.45, 2.75) is 122 Å². The third-order valence-electron chi connectivity index (χ3n) is 8.72. The first-order chi connectivity index (χ1) is 16.1. The van der Waals surface area contributed by atoms with Crippen LogP contribution in [0.25, 0.3) is 11.3 Å². The molecule has 4 heteroatoms. The van der Waals surface area contributed by atoms with Crippen LogP contribution < -0.4 is 5.32 Å². The zero-order valence-corrected chi connectivity index (χ0v) is 22.0. The monoisotopic (exact) mass is 461 g/mol. The van der Waals surface area contributed by atoms with Crippen LogP contribution in [0.1, 0.15) is 119 Å². The van der Waals surface area contributed by atoms with E-state index in [0.29, 0.717) is 12.0 Å². The molecule has 184 valence electrons. The minimum atomic E-state index is -0.0176. The molecule has 5 rings (SSSR count). The summed E-state index contributed by atoms with van der Waals surface area (Å²) in [5.74, 6) is 0.802. The fourth-order valence-corrected chi connectivity index (χ4v) is 5.61. The number of pyridine rings is 1. The largest absolute Gasteiger partial charge is 0.349 e. The molecule has 0 aliphatic heterocycles. The van der Waals surface area contributed by atoms with Crippen LogP contribution in [0.4, 0.5) is 0 Å². The van der Waals surface area contributed by atoms with Gasteiger partial charge in [-0.25, -0.2) is 0 Å². The van der Waals surface area contributed by atoms with E-state index in [1.54, 1.807) is 0 Å². The molecule has 0 spiro atoms. The van der Waals surface area contributed by atoms with Gasteiger partial charge in [-0.2, -0.15) is 0 Å². The summed E-state index contributed by atoms with van der Waals surface area (Å²) >= 11 is 0. The lowest BCUT2D eigenvalue weighted by Gasteiger charge is -2.26. The van der Waals surface area contributed by atoms with Gasteiger partial charge in [-0.1, -0.05) is 47.0 Å². The number of nitrogens with one attached hydrogen (secondary N) is 1. The normalized spacial score (nSPS) is 20.7. The Morgan fingerprint density at radius 1 is 1.06 bits per heavy atom. The van der Waals surface area contributed by atoms with Gasteiger partial charge in [0.15, 0.2) is 0 Å². The first kappa shape index (κ1) is 23.6. The zero-order valence-electron chi connectivity index (χ0n) is 22.0. The number of aromatic nitrogens is 2. The Balaban J connectivity index is 1.58. The van der Waals surface area contributed by atoms with Gasteiger partial charge in [0.1, 0.15) is 0 Å². The average molecular weight is 462 g/mol. The Bertz CT molecular complexity index is 1040. The molecule has 2 aromatic rings. The van der Waals surface area contributed by atoms with Crippen molar-refractivity contribution in [3.63, 3.8) is 0 Å². The molecule has 34 heavy (non-hydrogen) atoms. The molecule has 0 radical (unpaired) electrons. The van der Waals surface area contributed by atoms with E-state index in [4.69, 9.17) is 4.98 Å². The Kier molecular flexibility index (Phi) is 6.14. The van der Waals surface area contributed by atoms with Gasteiger partial charge in [-0.15, -0.1) is 0 Å². The van der Waals surface area contributed by atoms with E-state index in [0.717, 1.165) is 36.3 Å². The Morgan fingerprint density at radius 3 is 2.35 bits per heavy atom. The number of carbonyl (C=O) groups excluding carboxylic acids is 1. The first-order valence-electron chi connectivity index (χ1n) is 13.7. The highest BCUT2D eigenvalue weighted by Gasteiger charge is 2.41. The number of hydrogen-bond acceptors (Lipinski definition) is 2. The quantitative estimate of drug-likeness (QED) is 0.500. The van der Waals surface area contributed by atoms with Crippen LogP contribution in [0, 0.1) is 12.8 Å². The third kappa shape index (κ3) is 4.70. The molecule has 3 fully saturated rings. The highest BCUT2D eigenvalue weighted by molar-refractivity contribution is 5.97. The van der Waals surface area contributed by atoms with Crippen molar-refractivity contribution < 1.29 is 4.79 Å². The zero-order chi connectivity index (χ0) is 24.1. The third-order valence-corrected chi connectivity index (χ3v) is 8.72. The maximum atomic E-state index is 13.3. The van der Waals surface area contributed by atoms with Crippen molar-refractivity contribution in [2.24, 2.45) is 5.92 Å². The molecule has 2 aromatic heterocycles. The summed E-state index contributed by atoms with van der Waals surface area (Å²) in [4.78, 5) is 18.4. The van der Waals surface area contributed by atoms with Gasteiger partial charge >= 0.3 is 0 Å². The van der Waals surface area contributed by atoms with Crippen LogP contribution in [-0.4, -0.2) is 21.5 Å². The molecular weight excluding hydrogens is 418 g/mol. The highest BCUT2D eigenvalue weighted by Crippen LogP contribution is 2.48. The molecule has 1 N–H and O–H groups in total. The molecule has 3 aliphatic carbocycles. The summed E-state index contributed by atoms with van der Waals surface area (Å²) in [6.07, 6.45) is 12.5. The number of rotatable bonds is 6. The lowest BCUT2D eigenvalue weighted by molar-refractivity contribution is 0.0916. The molecule has 0 saturated heterocycles. The Hall–Kier alpha value is -2.10. The standard InChI is InChI=1S/C30H43N3O/c1-20-24(28(34)31-23-12-9-13-23)18-25(33(20)19-21-10-7-6-8-11-21)22-16-26(29(2,3)4)32-27(17-22)30(5)14-15-30/h16-18,21,23H,6-15,19H2,1-5H3,(H,31,34). The molecular formula is C30H43N3O. The summed E-state index contributed by atoms with van der Waals surface area (Å²) < 4.78 is 2.46. The first-order valence-corrected chi connectivity index (χ1v) is 13.7. The molecule has 0 bridgehead atoms. The van der Waals surface area contributed by atoms with Gasteiger partial charge in [0.2, 0.25) is 0 Å². The van der Waals surface area contributed by atoms with Crippen molar-refractivity contribution in [3.05, 3.63) is 40.8 Å². The maximum Gasteiger partial charge on any atom is 0.253 e. The Morgan fingerprint density at radius 2 is 1.76 bits per heavy atom. The highest BCUT2D eigenvalue weighted by atomic mass is 16.1. The van der Waals surface area contributed by atoms with Crippen LogP contribution in [-0.2, 0) is 17.4 Å². The molecule has 2 heterocycles. The van der Waals surface area contributed by atoms with Crippen molar-refractivity contribution in [3.8, 4) is 11.3 Å². The van der Waals surface area contributed by atoms with Crippen LogP contribution in [0.2, 0.25) is 0 Å². The SMILES string of the molecule is Cc1c(C(=O)NC2CCC2)cc(-c2cc(C(C)(C)C)nc(C3(C)CC3)c2)n1CC1CCCCC1. The lowest BCUT2D eigenvalue weighted by Crippen LogP contribution is -2.39. The van der Waals surface area contributed by atoms with Crippen molar-refractivity contribution in [1.82, 2.24) is 14.9 Å². The van der Waals surface area contributed by atoms with Gasteiger partial charge in [0.25, 0.3) is 5.91 Å². The second-order valence-corrected chi connectivity index (χ2v) is 12.7. The molecule has 0 unspecified atom stereocenters. The lowest BCUT2D eigenvalue weighted by atomic mass is 9.88. The van der Waals surface area contributed by atoms with E-state index in [9.17, 15) is 4.79 Å². The Labute approximate surface area is 205 Å². The number of carbonyl (C=O) groups is 1. The topological polar surface area (TPSA) is 46.9 Å². The summed E-state index contributed by atoms with van der Waals surface area (Å²) in [6.45, 7) is 12.3. The summed E-state index contributed by atoms with van der Waals surface area (Å²) in [7, 11) is 0. The van der Waals surface area contributed by atoms with E-state index in [-0.39, 0.29) is 16.7 Å². The van der Waals surface area contributed by atoms with Gasteiger partial charge in [0.05, 0.1) is 5.56 Å². The summed E-state index contributed by atoms with van der Waals surface area (Å²) in [5, 5.41) is 3.29. The number of amides is 1. The van der Waals surface area contributed by atoms with E-state index in [1.165, 1.54) is 68.3 Å². The molecule has 0 atom stereocenters. The van der Waals surface area contributed by atoms with E-state index in [2.05, 4.69) is 62.7 Å². The summed E-state index contributed by atoms with van der Waals surface area (Å²) in [5.41, 5.74) is 6.95. The van der Waals surface area contributed by atoms with Crippen molar-refractivity contribution in [2.75, 3.05) is 0 Å². The molecule has 1 amide bonds. The molecule has 0 aromatic carbocycles. The van der Waals surface area contributed by atoms with Gasteiger partial charge in [-0.3, -0.25) is 9.78 Å². The average Bonchev–Trinajstić information content (AvgIpc) is 3.45. The van der Waals surface area contributed by atoms with Crippen LogP contribution in [0.15, 0.2) is 18.2 Å². The predicted molar refractivity (Wildman–Crippen MR) is 139 cm³/mol. The van der Waals surface area contributed by atoms with Crippen molar-refractivity contribution in [1.29, 1.82) is 0 Å². The fraction of sp³-hybridized carbons (Fsp3) is 0.667. The summed E-state index contributed by atoms with van der Waals surface area (Å²) in [6, 6.07) is 7.14. The van der Waals surface area contributed by atoms with Crippen molar-refractivity contribution >= 4 is 5.91 Å². The van der Waals surface area contributed by atoms with E-state index < -0.39 is 0 Å². The van der Waals surface area contributed by atoms with E-state index >= 15 is 0 Å². The second kappa shape index (κ2) is 8.84. The van der Waals surface area contributed by atoms with Crippen LogP contribution in [0.3, 0.4) is 0 Å². The molecule has 3 saturated carbocycles. The predicted octanol–water partition coefficient (Wildman–Crippen LogP) is 7.07. The minimum absolute atomic E-state index is 0.0176. The maximum absolute atomic E-state index is 13.3. The molecule has 4 nitrogen and oxygen atoms in total. The number of nitrogens with zero attached hydrogens (tertiary/aromatic N) is 2. The van der Waals surface area contributed by atoms with Gasteiger partial charge in [-0.05, 0) is 76.0 Å². The fourth-order valence-electron chi connectivity index (χ4n) is 5.61. The van der Waals surface area contributed by atoms with Gasteiger partial charge in [0, 0.05) is 51.8 Å². The second-order valence-electron chi connectivity index (χ2n) is 12.7. The van der Waals surface area contributed by atoms with Crippen LogP contribution in [0.5, 0.6) is 0 Å². The van der Waals surface area contributed by atoms with Gasteiger partial charge < -0.3 is 9.88 Å². The van der Waals surface area contributed by atoms with Crippen LogP contribution >= 0.6 is 0 Å².